The maximum atomic E-state index is 3.19. The van der Waals surface area contributed by atoms with Gasteiger partial charge in [0, 0.05) is 6.54 Å². The highest BCUT2D eigenvalue weighted by atomic mass is 14.8. The molecule has 12 heavy (non-hydrogen) atoms. The molecule has 1 N–H and O–H groups in total. The first-order chi connectivity index (χ1) is 5.75. The Morgan fingerprint density at radius 2 is 2.00 bits per heavy atom. The molecule has 0 saturated carbocycles. The Labute approximate surface area is 74.8 Å². The predicted octanol–water partition coefficient (Wildman–Crippen LogP) is 2.32. The lowest BCUT2D eigenvalue weighted by Gasteiger charge is -2.13. The van der Waals surface area contributed by atoms with Crippen LogP contribution < -0.4 is 5.32 Å². The molecule has 0 spiro atoms. The Hall–Kier alpha value is -0.820. The zero-order chi connectivity index (χ0) is 8.97. The van der Waals surface area contributed by atoms with E-state index in [1.807, 2.05) is 7.05 Å². The van der Waals surface area contributed by atoms with Gasteiger partial charge in [0.15, 0.2) is 0 Å². The maximum Gasteiger partial charge on any atom is 0.00145 e. The van der Waals surface area contributed by atoms with Crippen LogP contribution in [-0.4, -0.2) is 13.6 Å². The summed E-state index contributed by atoms with van der Waals surface area (Å²) in [6.45, 7) is 5.46. The van der Waals surface area contributed by atoms with Crippen LogP contribution in [-0.2, 0) is 0 Å². The van der Waals surface area contributed by atoms with Crippen molar-refractivity contribution in [1.82, 2.24) is 5.32 Å². The van der Waals surface area contributed by atoms with Crippen molar-refractivity contribution >= 4 is 0 Å². The van der Waals surface area contributed by atoms with Crippen LogP contribution in [0.4, 0.5) is 0 Å². The monoisotopic (exact) mass is 163 g/mol. The van der Waals surface area contributed by atoms with Crippen LogP contribution in [0.2, 0.25) is 0 Å². The highest BCUT2D eigenvalue weighted by Crippen LogP contribution is 2.17. The van der Waals surface area contributed by atoms with Crippen molar-refractivity contribution in [2.75, 3.05) is 13.6 Å². The topological polar surface area (TPSA) is 12.0 Å². The van der Waals surface area contributed by atoms with Crippen molar-refractivity contribution in [3.05, 3.63) is 35.4 Å². The molecular weight excluding hydrogens is 146 g/mol. The van der Waals surface area contributed by atoms with E-state index in [0.29, 0.717) is 5.92 Å². The Bertz CT molecular complexity index is 243. The molecule has 1 rings (SSSR count). The molecule has 1 unspecified atom stereocenters. The van der Waals surface area contributed by atoms with Crippen LogP contribution >= 0.6 is 0 Å². The molecule has 0 bridgehead atoms. The van der Waals surface area contributed by atoms with E-state index in [0.717, 1.165) is 6.54 Å². The number of hydrogen-bond donors (Lipinski definition) is 1. The van der Waals surface area contributed by atoms with Gasteiger partial charge in [-0.1, -0.05) is 31.2 Å². The molecule has 0 aliphatic carbocycles. The highest BCUT2D eigenvalue weighted by Gasteiger charge is 2.05. The second-order valence-electron chi connectivity index (χ2n) is 3.32. The van der Waals surface area contributed by atoms with Crippen LogP contribution in [0, 0.1) is 6.92 Å². The number of rotatable bonds is 3. The SMILES string of the molecule is CNCC(C)c1ccccc1C. The van der Waals surface area contributed by atoms with Gasteiger partial charge < -0.3 is 5.32 Å². The number of nitrogens with one attached hydrogen (secondary N) is 1. The second-order valence-corrected chi connectivity index (χ2v) is 3.32. The molecule has 0 aromatic heterocycles. The van der Waals surface area contributed by atoms with Gasteiger partial charge in [-0.2, -0.15) is 0 Å². The summed E-state index contributed by atoms with van der Waals surface area (Å²) in [5.41, 5.74) is 2.84. The lowest BCUT2D eigenvalue weighted by atomic mass is 9.97. The molecule has 0 aliphatic heterocycles. The van der Waals surface area contributed by atoms with Gasteiger partial charge in [0.25, 0.3) is 0 Å². The van der Waals surface area contributed by atoms with E-state index in [9.17, 15) is 0 Å². The summed E-state index contributed by atoms with van der Waals surface area (Å²) in [4.78, 5) is 0. The smallest absolute Gasteiger partial charge is 0.00145 e. The minimum Gasteiger partial charge on any atom is -0.319 e. The summed E-state index contributed by atoms with van der Waals surface area (Å²) in [7, 11) is 1.99. The fraction of sp³-hybridized carbons (Fsp3) is 0.455. The molecule has 0 saturated heterocycles. The van der Waals surface area contributed by atoms with E-state index < -0.39 is 0 Å². The van der Waals surface area contributed by atoms with E-state index in [1.165, 1.54) is 11.1 Å². The quantitative estimate of drug-likeness (QED) is 0.721. The van der Waals surface area contributed by atoms with Gasteiger partial charge in [0.1, 0.15) is 0 Å². The second kappa shape index (κ2) is 4.27. The Kier molecular flexibility index (Phi) is 3.30. The molecule has 1 aromatic rings. The lowest BCUT2D eigenvalue weighted by molar-refractivity contribution is 0.674. The van der Waals surface area contributed by atoms with Gasteiger partial charge >= 0.3 is 0 Å². The van der Waals surface area contributed by atoms with E-state index in [4.69, 9.17) is 0 Å². The van der Waals surface area contributed by atoms with Crippen LogP contribution in [0.5, 0.6) is 0 Å². The van der Waals surface area contributed by atoms with Crippen molar-refractivity contribution < 1.29 is 0 Å². The Morgan fingerprint density at radius 3 is 2.58 bits per heavy atom. The van der Waals surface area contributed by atoms with E-state index in [2.05, 4.69) is 43.4 Å². The summed E-state index contributed by atoms with van der Waals surface area (Å²) in [6.07, 6.45) is 0. The fourth-order valence-corrected chi connectivity index (χ4v) is 1.56. The van der Waals surface area contributed by atoms with Crippen molar-refractivity contribution in [1.29, 1.82) is 0 Å². The summed E-state index contributed by atoms with van der Waals surface area (Å²) in [5.74, 6) is 0.608. The van der Waals surface area contributed by atoms with Crippen molar-refractivity contribution in [3.63, 3.8) is 0 Å². The minimum absolute atomic E-state index is 0.608. The average Bonchev–Trinajstić information content (AvgIpc) is 2.05. The number of benzene rings is 1. The van der Waals surface area contributed by atoms with Gasteiger partial charge in [0.2, 0.25) is 0 Å². The first-order valence-corrected chi connectivity index (χ1v) is 4.46. The molecule has 1 heteroatoms. The van der Waals surface area contributed by atoms with Gasteiger partial charge in [-0.25, -0.2) is 0 Å². The summed E-state index contributed by atoms with van der Waals surface area (Å²) >= 11 is 0. The van der Waals surface area contributed by atoms with E-state index >= 15 is 0 Å². The third-order valence-corrected chi connectivity index (χ3v) is 2.23. The molecule has 0 heterocycles. The molecule has 0 aliphatic rings. The van der Waals surface area contributed by atoms with Crippen LogP contribution in [0.1, 0.15) is 24.0 Å². The highest BCUT2D eigenvalue weighted by molar-refractivity contribution is 5.28. The van der Waals surface area contributed by atoms with E-state index in [1.54, 1.807) is 0 Å². The van der Waals surface area contributed by atoms with Gasteiger partial charge in [-0.3, -0.25) is 0 Å². The molecule has 0 amide bonds. The minimum atomic E-state index is 0.608. The number of aryl methyl sites for hydroxylation is 1. The predicted molar refractivity (Wildman–Crippen MR) is 53.5 cm³/mol. The fourth-order valence-electron chi connectivity index (χ4n) is 1.56. The summed E-state index contributed by atoms with van der Waals surface area (Å²) in [5, 5.41) is 3.19. The standard InChI is InChI=1S/C11H17N/c1-9-6-4-5-7-11(9)10(2)8-12-3/h4-7,10,12H,8H2,1-3H3. The van der Waals surface area contributed by atoms with Gasteiger partial charge in [-0.05, 0) is 31.0 Å². The van der Waals surface area contributed by atoms with Crippen LogP contribution in [0.15, 0.2) is 24.3 Å². The van der Waals surface area contributed by atoms with Crippen molar-refractivity contribution in [3.8, 4) is 0 Å². The molecule has 0 radical (unpaired) electrons. The normalized spacial score (nSPS) is 12.9. The molecule has 66 valence electrons. The van der Waals surface area contributed by atoms with Crippen molar-refractivity contribution in [2.24, 2.45) is 0 Å². The Balaban J connectivity index is 2.79. The Morgan fingerprint density at radius 1 is 1.33 bits per heavy atom. The average molecular weight is 163 g/mol. The lowest BCUT2D eigenvalue weighted by Crippen LogP contribution is -2.15. The molecular formula is C11H17N. The van der Waals surface area contributed by atoms with E-state index in [-0.39, 0.29) is 0 Å². The van der Waals surface area contributed by atoms with Crippen LogP contribution in [0.25, 0.3) is 0 Å². The third kappa shape index (κ3) is 2.08. The number of likely N-dealkylation sites (N-methyl/N-ethyl adjacent to an activating group) is 1. The maximum absolute atomic E-state index is 3.19. The molecule has 1 nitrogen and oxygen atoms in total. The van der Waals surface area contributed by atoms with Gasteiger partial charge in [-0.15, -0.1) is 0 Å². The summed E-state index contributed by atoms with van der Waals surface area (Å²) < 4.78 is 0. The zero-order valence-corrected chi connectivity index (χ0v) is 8.09. The number of hydrogen-bond acceptors (Lipinski definition) is 1. The third-order valence-electron chi connectivity index (χ3n) is 2.23. The summed E-state index contributed by atoms with van der Waals surface area (Å²) in [6, 6.07) is 8.57. The molecule has 1 aromatic carbocycles. The molecule has 0 fully saturated rings. The first-order valence-electron chi connectivity index (χ1n) is 4.46. The molecule has 1 atom stereocenters. The van der Waals surface area contributed by atoms with Gasteiger partial charge in [0.05, 0.1) is 0 Å². The zero-order valence-electron chi connectivity index (χ0n) is 8.09. The first kappa shape index (κ1) is 9.27. The van der Waals surface area contributed by atoms with Crippen LogP contribution in [0.3, 0.4) is 0 Å². The largest absolute Gasteiger partial charge is 0.319 e. The van der Waals surface area contributed by atoms with Crippen molar-refractivity contribution in [2.45, 2.75) is 19.8 Å².